The third kappa shape index (κ3) is 3.18. The number of β-amino-alcohol motifs (C(OH)–C–C–N with tert-alkyl or cyclic N) is 1. The van der Waals surface area contributed by atoms with Crippen LogP contribution in [0.5, 0.6) is 0 Å². The van der Waals surface area contributed by atoms with Gasteiger partial charge in [-0.3, -0.25) is 9.69 Å². The molecular weight excluding hydrogens is 222 g/mol. The van der Waals surface area contributed by atoms with Gasteiger partial charge < -0.3 is 14.9 Å². The minimum atomic E-state index is -0.785. The maximum absolute atomic E-state index is 11.4. The molecule has 1 aliphatic heterocycles. The van der Waals surface area contributed by atoms with Gasteiger partial charge in [-0.25, -0.2) is 0 Å². The van der Waals surface area contributed by atoms with Gasteiger partial charge in [-0.2, -0.15) is 0 Å². The van der Waals surface area contributed by atoms with Crippen molar-refractivity contribution in [1.82, 2.24) is 4.90 Å². The standard InChI is InChI=1S/C12H23NO4/c1-3-12(11(15)16)6-5-7-13(12)8-10(14)9-17-4-2/h10,14H,3-9H2,1-2H3,(H,15,16). The fourth-order valence-electron chi connectivity index (χ4n) is 2.56. The van der Waals surface area contributed by atoms with Crippen LogP contribution >= 0.6 is 0 Å². The monoisotopic (exact) mass is 245 g/mol. The van der Waals surface area contributed by atoms with Gasteiger partial charge in [0.15, 0.2) is 0 Å². The number of aliphatic hydroxyl groups excluding tert-OH is 1. The minimum Gasteiger partial charge on any atom is -0.480 e. The summed E-state index contributed by atoms with van der Waals surface area (Å²) < 4.78 is 5.14. The van der Waals surface area contributed by atoms with Crippen LogP contribution in [-0.2, 0) is 9.53 Å². The van der Waals surface area contributed by atoms with Gasteiger partial charge in [0.2, 0.25) is 0 Å². The van der Waals surface area contributed by atoms with Crippen molar-refractivity contribution < 1.29 is 19.7 Å². The third-order valence-corrected chi connectivity index (χ3v) is 3.55. The molecule has 1 aliphatic rings. The smallest absolute Gasteiger partial charge is 0.324 e. The van der Waals surface area contributed by atoms with Gasteiger partial charge in [0.05, 0.1) is 12.7 Å². The van der Waals surface area contributed by atoms with Crippen molar-refractivity contribution in [1.29, 1.82) is 0 Å². The van der Waals surface area contributed by atoms with Crippen LogP contribution in [0.3, 0.4) is 0 Å². The normalized spacial score (nSPS) is 27.2. The highest BCUT2D eigenvalue weighted by molar-refractivity contribution is 5.79. The zero-order valence-corrected chi connectivity index (χ0v) is 10.7. The first kappa shape index (κ1) is 14.4. The van der Waals surface area contributed by atoms with Crippen molar-refractivity contribution in [3.8, 4) is 0 Å². The van der Waals surface area contributed by atoms with E-state index in [1.807, 2.05) is 18.7 Å². The quantitative estimate of drug-likeness (QED) is 0.691. The molecule has 0 radical (unpaired) electrons. The van der Waals surface area contributed by atoms with Crippen LogP contribution < -0.4 is 0 Å². The lowest BCUT2D eigenvalue weighted by Gasteiger charge is -2.35. The summed E-state index contributed by atoms with van der Waals surface area (Å²) in [5.74, 6) is -0.777. The Morgan fingerprint density at radius 1 is 1.53 bits per heavy atom. The van der Waals surface area contributed by atoms with Gasteiger partial charge in [0.25, 0.3) is 0 Å². The van der Waals surface area contributed by atoms with E-state index in [-0.39, 0.29) is 6.61 Å². The maximum Gasteiger partial charge on any atom is 0.324 e. The summed E-state index contributed by atoms with van der Waals surface area (Å²) >= 11 is 0. The number of carbonyl (C=O) groups is 1. The van der Waals surface area contributed by atoms with E-state index < -0.39 is 17.6 Å². The van der Waals surface area contributed by atoms with Crippen LogP contribution in [0.4, 0.5) is 0 Å². The van der Waals surface area contributed by atoms with Crippen molar-refractivity contribution in [2.24, 2.45) is 0 Å². The number of nitrogens with zero attached hydrogens (tertiary/aromatic N) is 1. The topological polar surface area (TPSA) is 70.0 Å². The molecule has 0 aromatic rings. The second kappa shape index (κ2) is 6.33. The van der Waals surface area contributed by atoms with Gasteiger partial charge in [-0.15, -0.1) is 0 Å². The molecule has 100 valence electrons. The van der Waals surface area contributed by atoms with E-state index in [1.54, 1.807) is 0 Å². The lowest BCUT2D eigenvalue weighted by atomic mass is 9.93. The first-order valence-electron chi connectivity index (χ1n) is 6.31. The number of likely N-dealkylation sites (tertiary alicyclic amines) is 1. The van der Waals surface area contributed by atoms with Crippen molar-refractivity contribution in [2.45, 2.75) is 44.8 Å². The Bertz CT molecular complexity index is 259. The highest BCUT2D eigenvalue weighted by atomic mass is 16.5. The van der Waals surface area contributed by atoms with Crippen LogP contribution in [0.25, 0.3) is 0 Å². The molecule has 0 aromatic carbocycles. The average molecular weight is 245 g/mol. The molecule has 1 fully saturated rings. The SMILES string of the molecule is CCOCC(O)CN1CCCC1(CC)C(=O)O. The van der Waals surface area contributed by atoms with E-state index in [1.165, 1.54) is 0 Å². The Balaban J connectivity index is 2.59. The molecule has 1 heterocycles. The lowest BCUT2D eigenvalue weighted by molar-refractivity contribution is -0.151. The molecule has 17 heavy (non-hydrogen) atoms. The number of rotatable bonds is 7. The number of hydrogen-bond donors (Lipinski definition) is 2. The van der Waals surface area contributed by atoms with Crippen LogP contribution in [-0.4, -0.2) is 59.0 Å². The molecule has 2 atom stereocenters. The largest absolute Gasteiger partial charge is 0.480 e. The zero-order valence-electron chi connectivity index (χ0n) is 10.7. The van der Waals surface area contributed by atoms with Crippen molar-refractivity contribution >= 4 is 5.97 Å². The molecule has 0 bridgehead atoms. The van der Waals surface area contributed by atoms with Gasteiger partial charge in [0.1, 0.15) is 5.54 Å². The molecular formula is C12H23NO4. The molecule has 5 nitrogen and oxygen atoms in total. The van der Waals surface area contributed by atoms with Gasteiger partial charge in [-0.1, -0.05) is 6.92 Å². The fraction of sp³-hybridized carbons (Fsp3) is 0.917. The van der Waals surface area contributed by atoms with E-state index >= 15 is 0 Å². The summed E-state index contributed by atoms with van der Waals surface area (Å²) in [7, 11) is 0. The molecule has 0 saturated carbocycles. The Kier molecular flexibility index (Phi) is 5.36. The summed E-state index contributed by atoms with van der Waals surface area (Å²) in [5, 5.41) is 19.2. The molecule has 2 unspecified atom stereocenters. The molecule has 0 amide bonds. The minimum absolute atomic E-state index is 0.270. The summed E-state index contributed by atoms with van der Waals surface area (Å²) in [5.41, 5.74) is -0.785. The van der Waals surface area contributed by atoms with Crippen LogP contribution in [0.15, 0.2) is 0 Å². The van der Waals surface area contributed by atoms with Crippen molar-refractivity contribution in [3.63, 3.8) is 0 Å². The number of hydrogen-bond acceptors (Lipinski definition) is 4. The third-order valence-electron chi connectivity index (χ3n) is 3.55. The van der Waals surface area contributed by atoms with E-state index in [9.17, 15) is 15.0 Å². The van der Waals surface area contributed by atoms with Crippen LogP contribution in [0.2, 0.25) is 0 Å². The van der Waals surface area contributed by atoms with E-state index in [0.29, 0.717) is 26.0 Å². The second-order valence-corrected chi connectivity index (χ2v) is 4.55. The average Bonchev–Trinajstić information content (AvgIpc) is 2.70. The Morgan fingerprint density at radius 2 is 2.24 bits per heavy atom. The van der Waals surface area contributed by atoms with Crippen molar-refractivity contribution in [3.05, 3.63) is 0 Å². The van der Waals surface area contributed by atoms with Crippen molar-refractivity contribution in [2.75, 3.05) is 26.3 Å². The highest BCUT2D eigenvalue weighted by Gasteiger charge is 2.46. The first-order chi connectivity index (χ1) is 8.06. The molecule has 1 saturated heterocycles. The number of carboxylic acids is 1. The lowest BCUT2D eigenvalue weighted by Crippen LogP contribution is -2.52. The number of carboxylic acid groups (broad SMARTS) is 1. The second-order valence-electron chi connectivity index (χ2n) is 4.55. The Labute approximate surface area is 102 Å². The highest BCUT2D eigenvalue weighted by Crippen LogP contribution is 2.32. The summed E-state index contributed by atoms with van der Waals surface area (Å²) in [6.07, 6.45) is 1.50. The van der Waals surface area contributed by atoms with Crippen LogP contribution in [0.1, 0.15) is 33.1 Å². The van der Waals surface area contributed by atoms with E-state index in [4.69, 9.17) is 4.74 Å². The van der Waals surface area contributed by atoms with Gasteiger partial charge >= 0.3 is 5.97 Å². The Morgan fingerprint density at radius 3 is 2.76 bits per heavy atom. The molecule has 0 aromatic heterocycles. The predicted molar refractivity (Wildman–Crippen MR) is 64.0 cm³/mol. The maximum atomic E-state index is 11.4. The van der Waals surface area contributed by atoms with Crippen LogP contribution in [0, 0.1) is 0 Å². The summed E-state index contributed by atoms with van der Waals surface area (Å²) in [6.45, 7) is 5.71. The Hall–Kier alpha value is -0.650. The number of aliphatic hydroxyl groups is 1. The predicted octanol–water partition coefficient (Wildman–Crippen LogP) is 0.713. The molecule has 2 N–H and O–H groups in total. The molecule has 0 spiro atoms. The fourth-order valence-corrected chi connectivity index (χ4v) is 2.56. The summed E-state index contributed by atoms with van der Waals surface area (Å²) in [4.78, 5) is 13.3. The van der Waals surface area contributed by atoms with Gasteiger partial charge in [0, 0.05) is 13.2 Å². The molecule has 0 aliphatic carbocycles. The summed E-state index contributed by atoms with van der Waals surface area (Å²) in [6, 6.07) is 0. The first-order valence-corrected chi connectivity index (χ1v) is 6.31. The molecule has 5 heteroatoms. The number of ether oxygens (including phenoxy) is 1. The van der Waals surface area contributed by atoms with Gasteiger partial charge in [-0.05, 0) is 32.7 Å². The van der Waals surface area contributed by atoms with E-state index in [2.05, 4.69) is 0 Å². The zero-order chi connectivity index (χ0) is 12.9. The molecule has 1 rings (SSSR count). The number of aliphatic carboxylic acids is 1. The van der Waals surface area contributed by atoms with E-state index in [0.717, 1.165) is 13.0 Å².